The first-order chi connectivity index (χ1) is 9.41. The number of amides is 2. The summed E-state index contributed by atoms with van der Waals surface area (Å²) >= 11 is 0. The molecule has 1 unspecified atom stereocenters. The Labute approximate surface area is 114 Å². The molecule has 7 nitrogen and oxygen atoms in total. The van der Waals surface area contributed by atoms with Crippen LogP contribution in [-0.2, 0) is 18.5 Å². The molecular formula is C12H9NO6P+. The fourth-order valence-corrected chi connectivity index (χ4v) is 2.08. The van der Waals surface area contributed by atoms with Crippen LogP contribution >= 0.6 is 8.25 Å². The fourth-order valence-electron chi connectivity index (χ4n) is 1.47. The third-order valence-electron chi connectivity index (χ3n) is 2.41. The Kier molecular flexibility index (Phi) is 3.74. The van der Waals surface area contributed by atoms with Crippen molar-refractivity contribution < 1.29 is 28.1 Å². The quantitative estimate of drug-likeness (QED) is 0.479. The van der Waals surface area contributed by atoms with E-state index in [0.717, 1.165) is 0 Å². The zero-order valence-electron chi connectivity index (χ0n) is 10.4. The maximum Gasteiger partial charge on any atom is 0.778 e. The van der Waals surface area contributed by atoms with E-state index in [1.807, 2.05) is 0 Å². The molecule has 0 radical (unpaired) electrons. The Balaban J connectivity index is 2.11. The fraction of sp³-hybridized carbons (Fsp3) is 0.0833. The summed E-state index contributed by atoms with van der Waals surface area (Å²) in [6, 6.07) is 6.03. The third kappa shape index (κ3) is 2.49. The van der Waals surface area contributed by atoms with Gasteiger partial charge < -0.3 is 0 Å². The monoisotopic (exact) mass is 294 g/mol. The number of carbonyl (C=O) groups is 3. The van der Waals surface area contributed by atoms with Crippen LogP contribution in [0.1, 0.15) is 27.6 Å². The van der Waals surface area contributed by atoms with Crippen molar-refractivity contribution in [2.75, 3.05) is 0 Å². The summed E-state index contributed by atoms with van der Waals surface area (Å²) in [5.41, 5.74) is 0.276. The highest BCUT2D eigenvalue weighted by molar-refractivity contribution is 7.34. The van der Waals surface area contributed by atoms with E-state index in [0.29, 0.717) is 5.06 Å². The second kappa shape index (κ2) is 5.32. The van der Waals surface area contributed by atoms with Gasteiger partial charge in [0.05, 0.1) is 11.1 Å². The normalized spacial score (nSPS) is 14.1. The van der Waals surface area contributed by atoms with Gasteiger partial charge in [0.25, 0.3) is 11.8 Å². The van der Waals surface area contributed by atoms with Crippen molar-refractivity contribution in [2.45, 2.75) is 6.92 Å². The van der Waals surface area contributed by atoms with Crippen LogP contribution in [0.3, 0.4) is 0 Å². The number of rotatable bonds is 4. The molecule has 1 heterocycles. The Hall–Kier alpha value is -2.37. The average molecular weight is 294 g/mol. The Morgan fingerprint density at radius 3 is 2.15 bits per heavy atom. The molecule has 1 aliphatic rings. The summed E-state index contributed by atoms with van der Waals surface area (Å²) in [5, 5.41) is 0.315. The van der Waals surface area contributed by atoms with Crippen molar-refractivity contribution in [2.24, 2.45) is 0 Å². The maximum atomic E-state index is 11.9. The van der Waals surface area contributed by atoms with Crippen LogP contribution in [0.5, 0.6) is 0 Å². The van der Waals surface area contributed by atoms with E-state index in [4.69, 9.17) is 0 Å². The van der Waals surface area contributed by atoms with Gasteiger partial charge in [0.15, 0.2) is 0 Å². The predicted molar refractivity (Wildman–Crippen MR) is 66.5 cm³/mol. The second-order valence-corrected chi connectivity index (χ2v) is 4.71. The number of hydrogen-bond donors (Lipinski definition) is 0. The Bertz CT molecular complexity index is 618. The van der Waals surface area contributed by atoms with E-state index in [-0.39, 0.29) is 16.7 Å². The van der Waals surface area contributed by atoms with Crippen LogP contribution in [-0.4, -0.2) is 22.8 Å². The van der Waals surface area contributed by atoms with Gasteiger partial charge in [0.2, 0.25) is 0 Å². The molecule has 0 aromatic heterocycles. The van der Waals surface area contributed by atoms with Gasteiger partial charge in [-0.25, -0.2) is 4.79 Å². The first-order valence-electron chi connectivity index (χ1n) is 5.42. The van der Waals surface area contributed by atoms with Crippen LogP contribution in [0.15, 0.2) is 36.4 Å². The minimum atomic E-state index is -3.00. The lowest BCUT2D eigenvalue weighted by Crippen LogP contribution is -2.27. The molecule has 0 bridgehead atoms. The number of hydroxylamine groups is 2. The molecule has 102 valence electrons. The molecule has 0 aliphatic carbocycles. The molecule has 0 saturated carbocycles. The summed E-state index contributed by atoms with van der Waals surface area (Å²) in [7, 11) is -3.00. The van der Waals surface area contributed by atoms with Crippen LogP contribution in [0, 0.1) is 0 Å². The number of fused-ring (bicyclic) bond motifs is 1. The topological polar surface area (TPSA) is 90.0 Å². The van der Waals surface area contributed by atoms with Gasteiger partial charge in [-0.15, -0.1) is 0 Å². The molecule has 1 atom stereocenters. The first kappa shape index (κ1) is 14.0. The molecule has 2 amide bonds. The molecule has 1 aromatic rings. The minimum absolute atomic E-state index is 0.0133. The van der Waals surface area contributed by atoms with Gasteiger partial charge in [-0.1, -0.05) is 23.8 Å². The average Bonchev–Trinajstić information content (AvgIpc) is 2.64. The van der Waals surface area contributed by atoms with Crippen molar-refractivity contribution in [3.05, 3.63) is 47.5 Å². The third-order valence-corrected chi connectivity index (χ3v) is 3.02. The maximum absolute atomic E-state index is 11.9. The highest BCUT2D eigenvalue weighted by Gasteiger charge is 2.44. The lowest BCUT2D eigenvalue weighted by Gasteiger charge is -2.02. The molecule has 0 fully saturated rings. The van der Waals surface area contributed by atoms with Crippen molar-refractivity contribution >= 4 is 26.0 Å². The molecule has 8 heteroatoms. The highest BCUT2D eigenvalue weighted by atomic mass is 31.1. The first-order valence-corrected chi connectivity index (χ1v) is 6.52. The SMILES string of the molecule is C=C(C)C(=O)O[P+](=O)ON1C(=O)c2ccccc2C1=O. The highest BCUT2D eigenvalue weighted by Crippen LogP contribution is 2.32. The smallest absolute Gasteiger partial charge is 0.266 e. The van der Waals surface area contributed by atoms with Crippen LogP contribution < -0.4 is 0 Å². The van der Waals surface area contributed by atoms with Gasteiger partial charge in [-0.05, 0) is 19.1 Å². The van der Waals surface area contributed by atoms with E-state index in [2.05, 4.69) is 15.7 Å². The van der Waals surface area contributed by atoms with Crippen molar-refractivity contribution in [1.29, 1.82) is 0 Å². The number of benzene rings is 1. The molecule has 0 saturated heterocycles. The van der Waals surface area contributed by atoms with Crippen molar-refractivity contribution in [3.63, 3.8) is 0 Å². The number of hydrogen-bond acceptors (Lipinski definition) is 6. The van der Waals surface area contributed by atoms with E-state index in [9.17, 15) is 18.9 Å². The van der Waals surface area contributed by atoms with Gasteiger partial charge in [0, 0.05) is 14.8 Å². The number of carbonyl (C=O) groups excluding carboxylic acids is 3. The van der Waals surface area contributed by atoms with Crippen LogP contribution in [0.4, 0.5) is 0 Å². The molecule has 20 heavy (non-hydrogen) atoms. The molecule has 0 spiro atoms. The molecule has 1 aromatic carbocycles. The van der Waals surface area contributed by atoms with Crippen molar-refractivity contribution in [3.8, 4) is 0 Å². The van der Waals surface area contributed by atoms with E-state index < -0.39 is 26.0 Å². The van der Waals surface area contributed by atoms with E-state index >= 15 is 0 Å². The number of imide groups is 1. The summed E-state index contributed by atoms with van der Waals surface area (Å²) in [6.45, 7) is 4.65. The second-order valence-electron chi connectivity index (χ2n) is 3.91. The molecule has 0 N–H and O–H groups in total. The summed E-state index contributed by atoms with van der Waals surface area (Å²) in [6.07, 6.45) is 0. The van der Waals surface area contributed by atoms with Gasteiger partial charge in [0.1, 0.15) is 0 Å². The zero-order chi connectivity index (χ0) is 14.9. The van der Waals surface area contributed by atoms with E-state index in [1.165, 1.54) is 19.1 Å². The Morgan fingerprint density at radius 1 is 1.20 bits per heavy atom. The van der Waals surface area contributed by atoms with Gasteiger partial charge in [-0.3, -0.25) is 9.59 Å². The lowest BCUT2D eigenvalue weighted by atomic mass is 10.1. The standard InChI is InChI=1S/C12H9NO6P/c1-7(2)12(16)18-20(17)19-13-10(14)8-5-3-4-6-9(8)11(13)15/h3-6H,1H2,2H3/q+1. The summed E-state index contributed by atoms with van der Waals surface area (Å²) < 4.78 is 20.4. The number of nitrogens with zero attached hydrogens (tertiary/aromatic N) is 1. The van der Waals surface area contributed by atoms with Crippen LogP contribution in [0.2, 0.25) is 0 Å². The zero-order valence-corrected chi connectivity index (χ0v) is 11.3. The lowest BCUT2D eigenvalue weighted by molar-refractivity contribution is -0.131. The summed E-state index contributed by atoms with van der Waals surface area (Å²) in [5.74, 6) is -2.47. The molecule has 2 rings (SSSR count). The molecular weight excluding hydrogens is 285 g/mol. The van der Waals surface area contributed by atoms with E-state index in [1.54, 1.807) is 12.1 Å². The van der Waals surface area contributed by atoms with Crippen LogP contribution in [0.25, 0.3) is 0 Å². The minimum Gasteiger partial charge on any atom is -0.266 e. The van der Waals surface area contributed by atoms with Gasteiger partial charge >= 0.3 is 14.2 Å². The van der Waals surface area contributed by atoms with Crippen molar-refractivity contribution in [1.82, 2.24) is 5.06 Å². The predicted octanol–water partition coefficient (Wildman–Crippen LogP) is 1.99. The largest absolute Gasteiger partial charge is 0.778 e. The molecule has 1 aliphatic heterocycles. The van der Waals surface area contributed by atoms with Gasteiger partial charge in [-0.2, -0.15) is 4.52 Å². The Morgan fingerprint density at radius 2 is 1.70 bits per heavy atom. The summed E-state index contributed by atoms with van der Waals surface area (Å²) in [4.78, 5) is 34.8.